The van der Waals surface area contributed by atoms with Gasteiger partial charge < -0.3 is 9.47 Å². The van der Waals surface area contributed by atoms with E-state index in [-0.39, 0.29) is 6.29 Å². The molecule has 0 aromatic rings. The largest absolute Gasteiger partial charge is 0.355 e. The van der Waals surface area contributed by atoms with Crippen molar-refractivity contribution in [1.82, 2.24) is 9.80 Å². The zero-order valence-electron chi connectivity index (χ0n) is 10.7. The minimum Gasteiger partial charge on any atom is -0.355 e. The van der Waals surface area contributed by atoms with E-state index in [1.54, 1.807) is 14.2 Å². The number of fused-ring (bicyclic) bond motifs is 2. The smallest absolute Gasteiger partial charge is 0.169 e. The van der Waals surface area contributed by atoms with Gasteiger partial charge in [-0.05, 0) is 32.9 Å². The van der Waals surface area contributed by atoms with Crippen molar-refractivity contribution in [3.8, 4) is 0 Å². The van der Waals surface area contributed by atoms with Gasteiger partial charge >= 0.3 is 0 Å². The highest BCUT2D eigenvalue weighted by Crippen LogP contribution is 2.28. The van der Waals surface area contributed by atoms with E-state index in [9.17, 15) is 0 Å². The molecule has 0 saturated carbocycles. The summed E-state index contributed by atoms with van der Waals surface area (Å²) in [5, 5.41) is 0. The second kappa shape index (κ2) is 5.45. The molecule has 2 heterocycles. The lowest BCUT2D eigenvalue weighted by Gasteiger charge is -2.28. The molecule has 2 rings (SSSR count). The highest BCUT2D eigenvalue weighted by Gasteiger charge is 2.34. The third-order valence-electron chi connectivity index (χ3n) is 4.17. The normalized spacial score (nSPS) is 32.2. The second-order valence-electron chi connectivity index (χ2n) is 5.00. The van der Waals surface area contributed by atoms with E-state index in [1.807, 2.05) is 0 Å². The van der Waals surface area contributed by atoms with Crippen molar-refractivity contribution in [3.05, 3.63) is 0 Å². The average molecular weight is 228 g/mol. The number of rotatable bonds is 4. The van der Waals surface area contributed by atoms with Gasteiger partial charge in [-0.2, -0.15) is 0 Å². The first-order chi connectivity index (χ1) is 7.74. The van der Waals surface area contributed by atoms with Crippen LogP contribution in [-0.2, 0) is 9.47 Å². The van der Waals surface area contributed by atoms with Crippen LogP contribution in [0.3, 0.4) is 0 Å². The Hall–Kier alpha value is -0.160. The quantitative estimate of drug-likeness (QED) is 0.664. The van der Waals surface area contributed by atoms with E-state index < -0.39 is 0 Å². The van der Waals surface area contributed by atoms with Crippen molar-refractivity contribution in [2.75, 3.05) is 40.9 Å². The lowest BCUT2D eigenvalue weighted by Crippen LogP contribution is -2.40. The molecule has 0 N–H and O–H groups in total. The van der Waals surface area contributed by atoms with Crippen LogP contribution in [-0.4, -0.2) is 69.1 Å². The Balaban J connectivity index is 1.88. The van der Waals surface area contributed by atoms with Crippen LogP contribution >= 0.6 is 0 Å². The number of hydrogen-bond donors (Lipinski definition) is 0. The van der Waals surface area contributed by atoms with Gasteiger partial charge in [0.1, 0.15) is 0 Å². The number of nitrogens with zero attached hydrogens (tertiary/aromatic N) is 2. The lowest BCUT2D eigenvalue weighted by molar-refractivity contribution is -0.116. The molecule has 2 aliphatic heterocycles. The zero-order valence-corrected chi connectivity index (χ0v) is 10.7. The first-order valence-electron chi connectivity index (χ1n) is 6.24. The summed E-state index contributed by atoms with van der Waals surface area (Å²) in [6.45, 7) is 3.23. The molecule has 94 valence electrons. The van der Waals surface area contributed by atoms with E-state index in [0.29, 0.717) is 0 Å². The van der Waals surface area contributed by atoms with Gasteiger partial charge in [0.25, 0.3) is 0 Å². The van der Waals surface area contributed by atoms with Crippen molar-refractivity contribution in [2.24, 2.45) is 0 Å². The molecule has 2 saturated heterocycles. The van der Waals surface area contributed by atoms with Crippen molar-refractivity contribution >= 4 is 0 Å². The minimum atomic E-state index is -0.0815. The summed E-state index contributed by atoms with van der Waals surface area (Å²) >= 11 is 0. The summed E-state index contributed by atoms with van der Waals surface area (Å²) < 4.78 is 10.5. The van der Waals surface area contributed by atoms with E-state index >= 15 is 0 Å². The molecular weight excluding hydrogens is 204 g/mol. The Kier molecular flexibility index (Phi) is 4.19. The van der Waals surface area contributed by atoms with Crippen LogP contribution in [0.15, 0.2) is 0 Å². The monoisotopic (exact) mass is 228 g/mol. The van der Waals surface area contributed by atoms with E-state index in [4.69, 9.17) is 9.47 Å². The SMILES string of the molecule is COC(CN1CCC2CCC(C1)N2C)OC. The first kappa shape index (κ1) is 12.3. The minimum absolute atomic E-state index is 0.0815. The second-order valence-corrected chi connectivity index (χ2v) is 5.00. The zero-order chi connectivity index (χ0) is 11.5. The maximum atomic E-state index is 5.27. The molecule has 16 heavy (non-hydrogen) atoms. The Morgan fingerprint density at radius 1 is 1.12 bits per heavy atom. The van der Waals surface area contributed by atoms with E-state index in [1.165, 1.54) is 25.8 Å². The molecule has 0 aliphatic carbocycles. The van der Waals surface area contributed by atoms with Crippen LogP contribution < -0.4 is 0 Å². The molecule has 0 spiro atoms. The summed E-state index contributed by atoms with van der Waals surface area (Å²) in [4.78, 5) is 5.05. The van der Waals surface area contributed by atoms with Gasteiger partial charge in [0, 0.05) is 39.4 Å². The van der Waals surface area contributed by atoms with Crippen LogP contribution in [0.5, 0.6) is 0 Å². The lowest BCUT2D eigenvalue weighted by atomic mass is 10.1. The molecule has 2 unspecified atom stereocenters. The fraction of sp³-hybridized carbons (Fsp3) is 1.00. The summed E-state index contributed by atoms with van der Waals surface area (Å²) in [7, 11) is 5.70. The van der Waals surface area contributed by atoms with Crippen LogP contribution in [0.25, 0.3) is 0 Å². The standard InChI is InChI=1S/C12H24N2O2/c1-13-10-4-5-11(13)8-14(7-6-10)9-12(15-2)16-3/h10-12H,4-9H2,1-3H3. The fourth-order valence-electron chi connectivity index (χ4n) is 3.00. The summed E-state index contributed by atoms with van der Waals surface area (Å²) in [6, 6.07) is 1.54. The van der Waals surface area contributed by atoms with Gasteiger partial charge in [0.2, 0.25) is 0 Å². The van der Waals surface area contributed by atoms with Gasteiger partial charge in [-0.15, -0.1) is 0 Å². The number of methoxy groups -OCH3 is 2. The fourth-order valence-corrected chi connectivity index (χ4v) is 3.00. The number of hydrogen-bond acceptors (Lipinski definition) is 4. The first-order valence-corrected chi connectivity index (χ1v) is 6.24. The highest BCUT2D eigenvalue weighted by molar-refractivity contribution is 4.91. The predicted octanol–water partition coefficient (Wildman–Crippen LogP) is 0.774. The van der Waals surface area contributed by atoms with E-state index in [2.05, 4.69) is 16.8 Å². The molecule has 4 nitrogen and oxygen atoms in total. The third-order valence-corrected chi connectivity index (χ3v) is 4.17. The molecule has 0 amide bonds. The Labute approximate surface area is 98.5 Å². The van der Waals surface area contributed by atoms with E-state index in [0.717, 1.165) is 25.2 Å². The maximum Gasteiger partial charge on any atom is 0.169 e. The number of likely N-dealkylation sites (tertiary alicyclic amines) is 1. The molecule has 2 fully saturated rings. The number of ether oxygens (including phenoxy) is 2. The summed E-state index contributed by atoms with van der Waals surface area (Å²) in [5.74, 6) is 0. The molecule has 0 aromatic carbocycles. The molecular formula is C12H24N2O2. The highest BCUT2D eigenvalue weighted by atomic mass is 16.7. The average Bonchev–Trinajstić information content (AvgIpc) is 2.53. The molecule has 0 radical (unpaired) electrons. The molecule has 2 aliphatic rings. The van der Waals surface area contributed by atoms with Crippen molar-refractivity contribution in [2.45, 2.75) is 37.6 Å². The Morgan fingerprint density at radius 2 is 1.81 bits per heavy atom. The van der Waals surface area contributed by atoms with Crippen LogP contribution in [0.1, 0.15) is 19.3 Å². The molecule has 4 heteroatoms. The molecule has 2 bridgehead atoms. The van der Waals surface area contributed by atoms with Crippen LogP contribution in [0, 0.1) is 0 Å². The predicted molar refractivity (Wildman–Crippen MR) is 63.4 cm³/mol. The van der Waals surface area contributed by atoms with Gasteiger partial charge in [0.05, 0.1) is 0 Å². The van der Waals surface area contributed by atoms with Crippen molar-refractivity contribution in [1.29, 1.82) is 0 Å². The molecule has 0 aromatic heterocycles. The summed E-state index contributed by atoms with van der Waals surface area (Å²) in [6.07, 6.45) is 3.93. The molecule has 2 atom stereocenters. The topological polar surface area (TPSA) is 24.9 Å². The number of likely N-dealkylation sites (N-methyl/N-ethyl adjacent to an activating group) is 1. The van der Waals surface area contributed by atoms with Crippen molar-refractivity contribution < 1.29 is 9.47 Å². The Bertz CT molecular complexity index is 221. The summed E-state index contributed by atoms with van der Waals surface area (Å²) in [5.41, 5.74) is 0. The maximum absolute atomic E-state index is 5.27. The van der Waals surface area contributed by atoms with Crippen LogP contribution in [0.4, 0.5) is 0 Å². The van der Waals surface area contributed by atoms with Gasteiger partial charge in [-0.1, -0.05) is 0 Å². The van der Waals surface area contributed by atoms with Gasteiger partial charge in [0.15, 0.2) is 6.29 Å². The third kappa shape index (κ3) is 2.56. The van der Waals surface area contributed by atoms with Crippen molar-refractivity contribution in [3.63, 3.8) is 0 Å². The van der Waals surface area contributed by atoms with Gasteiger partial charge in [-0.25, -0.2) is 0 Å². The van der Waals surface area contributed by atoms with Crippen LogP contribution in [0.2, 0.25) is 0 Å². The van der Waals surface area contributed by atoms with Gasteiger partial charge in [-0.3, -0.25) is 9.80 Å². The Morgan fingerprint density at radius 3 is 2.50 bits per heavy atom.